The number of aliphatic hydroxyl groups excluding tert-OH is 4. The van der Waals surface area contributed by atoms with E-state index in [0.29, 0.717) is 0 Å². The third-order valence-electron chi connectivity index (χ3n) is 2.38. The minimum Gasteiger partial charge on any atom is -0.394 e. The Labute approximate surface area is 84.9 Å². The van der Waals surface area contributed by atoms with Crippen LogP contribution in [0.15, 0.2) is 0 Å². The molecule has 0 bridgehead atoms. The van der Waals surface area contributed by atoms with E-state index in [2.05, 4.69) is 0 Å². The van der Waals surface area contributed by atoms with E-state index < -0.39 is 48.6 Å². The molecule has 8 nitrogen and oxygen atoms in total. The van der Waals surface area contributed by atoms with Gasteiger partial charge >= 0.3 is 0 Å². The minimum absolute atomic E-state index is 0.639. The van der Waals surface area contributed by atoms with E-state index in [-0.39, 0.29) is 0 Å². The van der Waals surface area contributed by atoms with Crippen LogP contribution in [-0.4, -0.2) is 63.1 Å². The van der Waals surface area contributed by atoms with Crippen molar-refractivity contribution in [2.75, 3.05) is 13.2 Å². The fourth-order valence-corrected chi connectivity index (χ4v) is 1.61. The maximum Gasteiger partial charge on any atom is 0.211 e. The van der Waals surface area contributed by atoms with Gasteiger partial charge in [0.05, 0.1) is 12.5 Å². The van der Waals surface area contributed by atoms with Crippen molar-refractivity contribution in [1.29, 1.82) is 0 Å². The number of aliphatic hydroxyl groups is 4. The Bertz CT molecular complexity index is 235. The molecule has 1 aliphatic rings. The van der Waals surface area contributed by atoms with Gasteiger partial charge in [-0.25, -0.2) is 0 Å². The fourth-order valence-electron chi connectivity index (χ4n) is 1.61. The van der Waals surface area contributed by atoms with Crippen molar-refractivity contribution in [3.05, 3.63) is 10.1 Å². The third-order valence-corrected chi connectivity index (χ3v) is 2.38. The second kappa shape index (κ2) is 4.81. The Morgan fingerprint density at radius 3 is 2.53 bits per heavy atom. The highest BCUT2D eigenvalue weighted by molar-refractivity contribution is 4.89. The highest BCUT2D eigenvalue weighted by atomic mass is 16.6. The molecular formula is C7H13NO7. The Morgan fingerprint density at radius 1 is 1.47 bits per heavy atom. The average molecular weight is 223 g/mol. The lowest BCUT2D eigenvalue weighted by molar-refractivity contribution is -0.491. The molecule has 1 fully saturated rings. The van der Waals surface area contributed by atoms with E-state index >= 15 is 0 Å². The number of ether oxygens (including phenoxy) is 1. The van der Waals surface area contributed by atoms with Gasteiger partial charge in [0.25, 0.3) is 0 Å². The molecule has 1 aliphatic heterocycles. The molecule has 1 rings (SSSR count). The lowest BCUT2D eigenvalue weighted by atomic mass is 9.95. The summed E-state index contributed by atoms with van der Waals surface area (Å²) in [7, 11) is 0. The Kier molecular flexibility index (Phi) is 3.94. The summed E-state index contributed by atoms with van der Waals surface area (Å²) < 4.78 is 4.73. The molecule has 0 radical (unpaired) electrons. The van der Waals surface area contributed by atoms with Gasteiger partial charge in [0.2, 0.25) is 6.54 Å². The van der Waals surface area contributed by atoms with Gasteiger partial charge in [-0.15, -0.1) is 0 Å². The molecule has 0 aromatic carbocycles. The van der Waals surface area contributed by atoms with Crippen molar-refractivity contribution in [1.82, 2.24) is 0 Å². The molecule has 4 N–H and O–H groups in total. The highest BCUT2D eigenvalue weighted by Crippen LogP contribution is 2.28. The van der Waals surface area contributed by atoms with Crippen molar-refractivity contribution in [3.8, 4) is 0 Å². The van der Waals surface area contributed by atoms with Crippen LogP contribution in [0, 0.1) is 16.0 Å². The van der Waals surface area contributed by atoms with Crippen LogP contribution in [0.1, 0.15) is 0 Å². The molecule has 0 amide bonds. The molecule has 0 aliphatic carbocycles. The number of hydrogen-bond acceptors (Lipinski definition) is 7. The van der Waals surface area contributed by atoms with Gasteiger partial charge in [0.15, 0.2) is 6.29 Å². The summed E-state index contributed by atoms with van der Waals surface area (Å²) in [6.07, 6.45) is -5.49. The molecule has 5 atom stereocenters. The summed E-state index contributed by atoms with van der Waals surface area (Å²) in [5, 5.41) is 46.6. The SMILES string of the molecule is O=[N+]([O-])C[C@@H]1[C@@H]([C@H](O)CO)OC(O)[C@@H]1O. The molecule has 1 heterocycles. The van der Waals surface area contributed by atoms with Crippen LogP contribution in [-0.2, 0) is 4.74 Å². The van der Waals surface area contributed by atoms with Crippen molar-refractivity contribution >= 4 is 0 Å². The average Bonchev–Trinajstić information content (AvgIpc) is 2.44. The van der Waals surface area contributed by atoms with Gasteiger partial charge in [-0.3, -0.25) is 10.1 Å². The van der Waals surface area contributed by atoms with Gasteiger partial charge < -0.3 is 25.2 Å². The molecular weight excluding hydrogens is 210 g/mol. The van der Waals surface area contributed by atoms with Crippen molar-refractivity contribution in [3.63, 3.8) is 0 Å². The molecule has 0 aromatic heterocycles. The smallest absolute Gasteiger partial charge is 0.211 e. The largest absolute Gasteiger partial charge is 0.394 e. The number of nitro groups is 1. The van der Waals surface area contributed by atoms with Crippen LogP contribution < -0.4 is 0 Å². The minimum atomic E-state index is -1.57. The number of nitrogens with zero attached hydrogens (tertiary/aromatic N) is 1. The molecule has 0 aromatic rings. The lowest BCUT2D eigenvalue weighted by Crippen LogP contribution is -2.40. The molecule has 0 saturated carbocycles. The molecule has 1 unspecified atom stereocenters. The van der Waals surface area contributed by atoms with Crippen LogP contribution in [0.4, 0.5) is 0 Å². The second-order valence-corrected chi connectivity index (χ2v) is 3.41. The first-order valence-corrected chi connectivity index (χ1v) is 4.39. The summed E-state index contributed by atoms with van der Waals surface area (Å²) in [5.41, 5.74) is 0. The second-order valence-electron chi connectivity index (χ2n) is 3.41. The van der Waals surface area contributed by atoms with Crippen LogP contribution in [0.25, 0.3) is 0 Å². The van der Waals surface area contributed by atoms with Gasteiger partial charge in [-0.1, -0.05) is 0 Å². The van der Waals surface area contributed by atoms with Gasteiger partial charge in [-0.2, -0.15) is 0 Å². The van der Waals surface area contributed by atoms with Crippen LogP contribution in [0.2, 0.25) is 0 Å². The number of rotatable bonds is 4. The van der Waals surface area contributed by atoms with E-state index in [1.54, 1.807) is 0 Å². The summed E-state index contributed by atoms with van der Waals surface area (Å²) in [5.74, 6) is -1.03. The first-order valence-electron chi connectivity index (χ1n) is 4.39. The first kappa shape index (κ1) is 12.3. The topological polar surface area (TPSA) is 133 Å². The van der Waals surface area contributed by atoms with E-state index in [1.165, 1.54) is 0 Å². The Hall–Kier alpha value is -0.800. The molecule has 15 heavy (non-hydrogen) atoms. The summed E-state index contributed by atoms with van der Waals surface area (Å²) in [6, 6.07) is 0. The maximum atomic E-state index is 10.3. The summed E-state index contributed by atoms with van der Waals surface area (Å²) in [6.45, 7) is -1.29. The van der Waals surface area contributed by atoms with E-state index in [4.69, 9.17) is 14.9 Å². The Balaban J connectivity index is 2.72. The molecule has 88 valence electrons. The lowest BCUT2D eigenvalue weighted by Gasteiger charge is -2.19. The fraction of sp³-hybridized carbons (Fsp3) is 1.00. The molecule has 1 saturated heterocycles. The van der Waals surface area contributed by atoms with Crippen molar-refractivity contribution in [2.45, 2.75) is 24.6 Å². The highest BCUT2D eigenvalue weighted by Gasteiger charge is 2.48. The summed E-state index contributed by atoms with van der Waals surface area (Å²) >= 11 is 0. The van der Waals surface area contributed by atoms with Gasteiger partial charge in [0.1, 0.15) is 18.3 Å². The number of hydrogen-bond donors (Lipinski definition) is 4. The van der Waals surface area contributed by atoms with E-state index in [1.807, 2.05) is 0 Å². The molecule has 8 heteroatoms. The normalized spacial score (nSPS) is 37.9. The monoisotopic (exact) mass is 223 g/mol. The van der Waals surface area contributed by atoms with Crippen LogP contribution >= 0.6 is 0 Å². The summed E-state index contributed by atoms with van der Waals surface area (Å²) in [4.78, 5) is 9.60. The van der Waals surface area contributed by atoms with Crippen LogP contribution in [0.5, 0.6) is 0 Å². The van der Waals surface area contributed by atoms with Crippen LogP contribution in [0.3, 0.4) is 0 Å². The van der Waals surface area contributed by atoms with E-state index in [0.717, 1.165) is 0 Å². The van der Waals surface area contributed by atoms with Gasteiger partial charge in [0, 0.05) is 4.92 Å². The zero-order chi connectivity index (χ0) is 11.6. The third kappa shape index (κ3) is 2.61. The maximum absolute atomic E-state index is 10.3. The van der Waals surface area contributed by atoms with E-state index in [9.17, 15) is 20.3 Å². The van der Waals surface area contributed by atoms with Crippen molar-refractivity contribution < 1.29 is 30.1 Å². The van der Waals surface area contributed by atoms with Gasteiger partial charge in [-0.05, 0) is 0 Å². The predicted octanol–water partition coefficient (Wildman–Crippen LogP) is -2.69. The predicted molar refractivity (Wildman–Crippen MR) is 45.3 cm³/mol. The Morgan fingerprint density at radius 2 is 2.07 bits per heavy atom. The molecule has 0 spiro atoms. The standard InChI is InChI=1S/C7H13NO7/c9-2-4(10)6-3(1-8(13)14)5(11)7(12)15-6/h3-7,9-12H,1-2H2/t3-,4+,5+,6-,7?/m0/s1. The quantitative estimate of drug-likeness (QED) is 0.301. The zero-order valence-corrected chi connectivity index (χ0v) is 7.76. The zero-order valence-electron chi connectivity index (χ0n) is 7.76. The first-order chi connectivity index (χ1) is 6.97. The van der Waals surface area contributed by atoms with Crippen molar-refractivity contribution in [2.24, 2.45) is 5.92 Å².